The van der Waals surface area contributed by atoms with Gasteiger partial charge in [-0.25, -0.2) is 4.79 Å². The summed E-state index contributed by atoms with van der Waals surface area (Å²) < 4.78 is 2.48. The van der Waals surface area contributed by atoms with E-state index in [0.29, 0.717) is 19.4 Å². The smallest absolute Gasteiger partial charge is 0.326 e. The van der Waals surface area contributed by atoms with E-state index in [-0.39, 0.29) is 17.7 Å². The largest absolute Gasteiger partial charge is 0.480 e. The highest BCUT2D eigenvalue weighted by atomic mass is 32.2. The molecule has 1 aliphatic heterocycles. The van der Waals surface area contributed by atoms with Gasteiger partial charge in [0.1, 0.15) is 12.3 Å². The third-order valence-electron chi connectivity index (χ3n) is 7.71. The number of carboxylic acid groups (broad SMARTS) is 1. The SMILES string of the molecule is C[C@@H](NC(O)C(SN=O)(C1CCCCC1)C1CCCCC1)C(=O)N1CCC[C@H]1C(=O)O. The molecule has 2 aliphatic carbocycles. The highest BCUT2D eigenvalue weighted by Gasteiger charge is 2.53. The second-order valence-corrected chi connectivity index (χ2v) is 10.5. The number of nitrogens with one attached hydrogen (secondary N) is 1. The Bertz CT molecular complexity index is 619. The lowest BCUT2D eigenvalue weighted by Crippen LogP contribution is -2.62. The van der Waals surface area contributed by atoms with Crippen LogP contribution in [0.1, 0.15) is 84.0 Å². The van der Waals surface area contributed by atoms with E-state index >= 15 is 0 Å². The Labute approximate surface area is 189 Å². The lowest BCUT2D eigenvalue weighted by atomic mass is 9.68. The van der Waals surface area contributed by atoms with Crippen LogP contribution in [0, 0.1) is 16.7 Å². The number of rotatable bonds is 9. The maximum atomic E-state index is 13.0. The molecule has 3 N–H and O–H groups in total. The number of aliphatic hydroxyl groups excluding tert-OH is 1. The van der Waals surface area contributed by atoms with Crippen LogP contribution in [0.2, 0.25) is 0 Å². The minimum absolute atomic E-state index is 0.162. The normalized spacial score (nSPS) is 25.9. The number of nitroso groups, excluding NO2 is 1. The van der Waals surface area contributed by atoms with Gasteiger partial charge in [-0.15, -0.1) is 4.91 Å². The monoisotopic (exact) mass is 455 g/mol. The van der Waals surface area contributed by atoms with E-state index in [1.807, 2.05) is 0 Å². The van der Waals surface area contributed by atoms with Crippen molar-refractivity contribution in [1.29, 1.82) is 0 Å². The molecule has 0 radical (unpaired) electrons. The van der Waals surface area contributed by atoms with E-state index < -0.39 is 29.0 Å². The summed E-state index contributed by atoms with van der Waals surface area (Å²) in [4.78, 5) is 37.5. The number of aliphatic carboxylic acids is 1. The molecule has 0 aromatic heterocycles. The van der Waals surface area contributed by atoms with Gasteiger partial charge in [-0.05, 0) is 57.3 Å². The van der Waals surface area contributed by atoms with Crippen molar-refractivity contribution in [2.24, 2.45) is 16.4 Å². The summed E-state index contributed by atoms with van der Waals surface area (Å²) in [6, 6.07) is -1.55. The summed E-state index contributed by atoms with van der Waals surface area (Å²) in [5.74, 6) is -0.974. The van der Waals surface area contributed by atoms with Crippen molar-refractivity contribution in [3.63, 3.8) is 0 Å². The van der Waals surface area contributed by atoms with Gasteiger partial charge in [0.05, 0.1) is 10.8 Å². The molecule has 31 heavy (non-hydrogen) atoms. The molecule has 1 heterocycles. The fourth-order valence-corrected chi connectivity index (χ4v) is 7.19. The topological polar surface area (TPSA) is 119 Å². The number of hydrogen-bond acceptors (Lipinski definition) is 7. The lowest BCUT2D eigenvalue weighted by molar-refractivity contribution is -0.149. The highest BCUT2D eigenvalue weighted by molar-refractivity contribution is 7.99. The first-order valence-corrected chi connectivity index (χ1v) is 12.7. The quantitative estimate of drug-likeness (QED) is 0.276. The van der Waals surface area contributed by atoms with Crippen LogP contribution in [0.5, 0.6) is 0 Å². The van der Waals surface area contributed by atoms with Gasteiger partial charge in [-0.3, -0.25) is 10.1 Å². The van der Waals surface area contributed by atoms with Crippen molar-refractivity contribution in [2.45, 2.75) is 107 Å². The van der Waals surface area contributed by atoms with E-state index in [4.69, 9.17) is 0 Å². The number of hydrogen-bond donors (Lipinski definition) is 3. The van der Waals surface area contributed by atoms with Gasteiger partial charge in [0.2, 0.25) is 5.91 Å². The molecule has 3 aliphatic rings. The molecule has 3 rings (SSSR count). The Morgan fingerprint density at radius 2 is 1.55 bits per heavy atom. The molecule has 1 amide bonds. The molecule has 3 fully saturated rings. The van der Waals surface area contributed by atoms with E-state index in [1.54, 1.807) is 6.92 Å². The van der Waals surface area contributed by atoms with Crippen LogP contribution >= 0.6 is 11.9 Å². The summed E-state index contributed by atoms with van der Waals surface area (Å²) in [6.07, 6.45) is 10.5. The van der Waals surface area contributed by atoms with Crippen LogP contribution in [0.15, 0.2) is 4.58 Å². The fraction of sp³-hybridized carbons (Fsp3) is 0.909. The first kappa shape index (κ1) is 24.5. The van der Waals surface area contributed by atoms with Crippen LogP contribution in [0.3, 0.4) is 0 Å². The summed E-state index contributed by atoms with van der Waals surface area (Å²) in [6.45, 7) is 2.09. The van der Waals surface area contributed by atoms with E-state index in [1.165, 1.54) is 17.7 Å². The number of aliphatic hydroxyl groups is 1. The number of carbonyl (C=O) groups excluding carboxylic acids is 1. The number of nitrogens with zero attached hydrogens (tertiary/aromatic N) is 2. The van der Waals surface area contributed by atoms with Gasteiger partial charge in [-0.2, -0.15) is 0 Å². The molecule has 0 spiro atoms. The molecule has 1 unspecified atom stereocenters. The Morgan fingerprint density at radius 3 is 2.03 bits per heavy atom. The molecular weight excluding hydrogens is 418 g/mol. The Balaban J connectivity index is 1.81. The summed E-state index contributed by atoms with van der Waals surface area (Å²) in [7, 11) is 0. The summed E-state index contributed by atoms with van der Waals surface area (Å²) in [5, 5.41) is 24.0. The van der Waals surface area contributed by atoms with Crippen molar-refractivity contribution in [3.05, 3.63) is 4.91 Å². The number of amides is 1. The van der Waals surface area contributed by atoms with E-state index in [9.17, 15) is 24.7 Å². The molecule has 0 bridgehead atoms. The zero-order valence-electron chi connectivity index (χ0n) is 18.5. The van der Waals surface area contributed by atoms with Crippen LogP contribution < -0.4 is 5.32 Å². The van der Waals surface area contributed by atoms with Gasteiger partial charge >= 0.3 is 5.97 Å². The Kier molecular flexibility index (Phi) is 8.75. The second-order valence-electron chi connectivity index (χ2n) is 9.51. The van der Waals surface area contributed by atoms with E-state index in [2.05, 4.69) is 9.90 Å². The molecular formula is C22H37N3O5S. The fourth-order valence-electron chi connectivity index (χ4n) is 6.13. The van der Waals surface area contributed by atoms with Crippen LogP contribution in [-0.2, 0) is 9.59 Å². The van der Waals surface area contributed by atoms with Crippen LogP contribution in [0.25, 0.3) is 0 Å². The van der Waals surface area contributed by atoms with Crippen molar-refractivity contribution in [3.8, 4) is 0 Å². The summed E-state index contributed by atoms with van der Waals surface area (Å²) >= 11 is 0.974. The summed E-state index contributed by atoms with van der Waals surface area (Å²) in [5.41, 5.74) is 0. The standard InChI is InChI=1S/C22H37N3O5S/c1-15(19(26)25-14-8-13-18(25)20(27)28)23-21(29)22(31-24-30,16-9-4-2-5-10-16)17-11-6-3-7-12-17/h15-18,21,23,29H,2-14H2,1H3,(H,27,28)/t15-,18+,21?/m1/s1. The van der Waals surface area contributed by atoms with Crippen molar-refractivity contribution in [1.82, 2.24) is 10.2 Å². The zero-order valence-corrected chi connectivity index (χ0v) is 19.3. The first-order chi connectivity index (χ1) is 14.9. The molecule has 176 valence electrons. The average Bonchev–Trinajstić information content (AvgIpc) is 3.28. The minimum atomic E-state index is -1.06. The minimum Gasteiger partial charge on any atom is -0.480 e. The lowest BCUT2D eigenvalue weighted by Gasteiger charge is -2.50. The zero-order chi connectivity index (χ0) is 22.4. The molecule has 0 aromatic rings. The molecule has 8 nitrogen and oxygen atoms in total. The second kappa shape index (κ2) is 11.1. The van der Waals surface area contributed by atoms with Gasteiger partial charge < -0.3 is 15.1 Å². The van der Waals surface area contributed by atoms with Gasteiger partial charge in [-0.1, -0.05) is 38.5 Å². The van der Waals surface area contributed by atoms with Crippen LogP contribution in [-0.4, -0.2) is 56.6 Å². The maximum absolute atomic E-state index is 13.0. The van der Waals surface area contributed by atoms with Crippen molar-refractivity contribution >= 4 is 23.8 Å². The first-order valence-electron chi connectivity index (χ1n) is 11.9. The van der Waals surface area contributed by atoms with Gasteiger partial charge in [0.15, 0.2) is 0 Å². The molecule has 2 saturated carbocycles. The predicted molar refractivity (Wildman–Crippen MR) is 120 cm³/mol. The maximum Gasteiger partial charge on any atom is 0.326 e. The van der Waals surface area contributed by atoms with Crippen molar-refractivity contribution in [2.75, 3.05) is 6.54 Å². The van der Waals surface area contributed by atoms with E-state index in [0.717, 1.165) is 63.3 Å². The molecule has 0 aromatic carbocycles. The third kappa shape index (κ3) is 5.25. The number of carboxylic acids is 1. The predicted octanol–water partition coefficient (Wildman–Crippen LogP) is 3.67. The van der Waals surface area contributed by atoms with Gasteiger partial charge in [0.25, 0.3) is 0 Å². The average molecular weight is 456 g/mol. The van der Waals surface area contributed by atoms with Gasteiger partial charge in [0, 0.05) is 23.1 Å². The Morgan fingerprint density at radius 1 is 1.00 bits per heavy atom. The van der Waals surface area contributed by atoms with Crippen molar-refractivity contribution < 1.29 is 19.8 Å². The molecule has 1 saturated heterocycles. The van der Waals surface area contributed by atoms with Crippen LogP contribution in [0.4, 0.5) is 0 Å². The number of likely N-dealkylation sites (tertiary alicyclic amines) is 1. The third-order valence-corrected chi connectivity index (χ3v) is 8.99. The molecule has 9 heteroatoms. The number of carbonyl (C=O) groups is 2. The highest BCUT2D eigenvalue weighted by Crippen LogP contribution is 2.52. The molecule has 3 atom stereocenters. The Hall–Kier alpha value is -1.19.